The number of hydrogen-bond acceptors (Lipinski definition) is 2. The fourth-order valence-electron chi connectivity index (χ4n) is 3.09. The van der Waals surface area contributed by atoms with Crippen molar-refractivity contribution < 1.29 is 4.39 Å². The predicted molar refractivity (Wildman–Crippen MR) is 81.7 cm³/mol. The van der Waals surface area contributed by atoms with Crippen LogP contribution in [0.25, 0.3) is 0 Å². The topological polar surface area (TPSA) is 29.9 Å². The van der Waals surface area contributed by atoms with E-state index in [0.717, 1.165) is 25.1 Å². The van der Waals surface area contributed by atoms with Crippen molar-refractivity contribution in [2.45, 2.75) is 45.2 Å². The summed E-state index contributed by atoms with van der Waals surface area (Å²) < 4.78 is 15.4. The lowest BCUT2D eigenvalue weighted by Crippen LogP contribution is -2.28. The highest BCUT2D eigenvalue weighted by atomic mass is 19.1. The van der Waals surface area contributed by atoms with Crippen molar-refractivity contribution >= 4 is 0 Å². The van der Waals surface area contributed by atoms with E-state index < -0.39 is 0 Å². The third kappa shape index (κ3) is 3.32. The molecule has 0 saturated carbocycles. The lowest BCUT2D eigenvalue weighted by Gasteiger charge is -2.24. The second kappa shape index (κ2) is 6.39. The maximum Gasteiger partial charge on any atom is 0.123 e. The monoisotopic (exact) mass is 287 g/mol. The normalized spacial score (nSPS) is 18.9. The molecule has 1 atom stereocenters. The predicted octanol–water partition coefficient (Wildman–Crippen LogP) is 3.39. The Morgan fingerprint density at radius 2 is 2.29 bits per heavy atom. The fraction of sp³-hybridized carbons (Fsp3) is 0.471. The van der Waals surface area contributed by atoms with Gasteiger partial charge in [0, 0.05) is 18.8 Å². The first-order chi connectivity index (χ1) is 10.2. The van der Waals surface area contributed by atoms with Crippen molar-refractivity contribution in [3.8, 4) is 0 Å². The molecule has 21 heavy (non-hydrogen) atoms. The molecule has 0 aliphatic carbocycles. The van der Waals surface area contributed by atoms with Crippen LogP contribution in [0.3, 0.4) is 0 Å². The van der Waals surface area contributed by atoms with Crippen LogP contribution >= 0.6 is 0 Å². The summed E-state index contributed by atoms with van der Waals surface area (Å²) >= 11 is 0. The minimum Gasteiger partial charge on any atom is -0.333 e. The number of benzene rings is 1. The third-order valence-corrected chi connectivity index (χ3v) is 4.34. The number of aryl methyl sites for hydroxylation is 3. The van der Waals surface area contributed by atoms with Crippen LogP contribution in [-0.2, 0) is 13.0 Å². The number of hydrogen-bond donors (Lipinski definition) is 1. The zero-order chi connectivity index (χ0) is 14.7. The van der Waals surface area contributed by atoms with E-state index in [-0.39, 0.29) is 5.82 Å². The molecule has 1 aliphatic heterocycles. The Hall–Kier alpha value is -1.68. The van der Waals surface area contributed by atoms with Crippen molar-refractivity contribution in [3.05, 3.63) is 53.4 Å². The van der Waals surface area contributed by atoms with E-state index in [1.54, 1.807) is 12.1 Å². The van der Waals surface area contributed by atoms with Gasteiger partial charge < -0.3 is 9.88 Å². The molecule has 4 heteroatoms. The first-order valence-corrected chi connectivity index (χ1v) is 7.72. The van der Waals surface area contributed by atoms with Crippen LogP contribution in [-0.4, -0.2) is 16.1 Å². The molecule has 1 N–H and O–H groups in total. The van der Waals surface area contributed by atoms with E-state index in [2.05, 4.69) is 14.9 Å². The maximum atomic E-state index is 13.1. The van der Waals surface area contributed by atoms with Crippen LogP contribution in [0.15, 0.2) is 30.7 Å². The molecule has 1 aromatic heterocycles. The van der Waals surface area contributed by atoms with E-state index in [0.29, 0.717) is 6.04 Å². The molecule has 2 heterocycles. The van der Waals surface area contributed by atoms with Crippen LogP contribution in [0.2, 0.25) is 0 Å². The number of piperidine rings is 1. The van der Waals surface area contributed by atoms with Crippen molar-refractivity contribution in [2.75, 3.05) is 6.54 Å². The van der Waals surface area contributed by atoms with Crippen LogP contribution in [0, 0.1) is 12.7 Å². The number of rotatable bonds is 4. The second-order valence-corrected chi connectivity index (χ2v) is 5.84. The van der Waals surface area contributed by atoms with Gasteiger partial charge in [-0.25, -0.2) is 9.37 Å². The lowest BCUT2D eigenvalue weighted by molar-refractivity contribution is 0.393. The fourth-order valence-corrected chi connectivity index (χ4v) is 3.09. The Labute approximate surface area is 125 Å². The highest BCUT2D eigenvalue weighted by Crippen LogP contribution is 2.23. The Morgan fingerprint density at radius 1 is 1.38 bits per heavy atom. The van der Waals surface area contributed by atoms with Gasteiger partial charge in [0.05, 0.1) is 12.0 Å². The summed E-state index contributed by atoms with van der Waals surface area (Å²) in [5, 5.41) is 3.57. The van der Waals surface area contributed by atoms with Crippen molar-refractivity contribution in [1.82, 2.24) is 14.9 Å². The Bertz CT molecular complexity index is 600. The molecule has 0 spiro atoms. The van der Waals surface area contributed by atoms with Crippen molar-refractivity contribution in [2.24, 2.45) is 0 Å². The van der Waals surface area contributed by atoms with Crippen LogP contribution in [0.4, 0.5) is 4.39 Å². The summed E-state index contributed by atoms with van der Waals surface area (Å²) in [4.78, 5) is 4.31. The van der Waals surface area contributed by atoms with E-state index in [9.17, 15) is 4.39 Å². The summed E-state index contributed by atoms with van der Waals surface area (Å²) in [5.41, 5.74) is 3.49. The standard InChI is InChI=1S/C17H22FN3/c1-13-10-15(18)6-5-14(13)7-9-21-12-19-11-17(21)16-4-2-3-8-20-16/h5-6,10-12,16,20H,2-4,7-9H2,1H3. The molecule has 0 bridgehead atoms. The molecule has 3 nitrogen and oxygen atoms in total. The quantitative estimate of drug-likeness (QED) is 0.934. The number of halogens is 1. The van der Waals surface area contributed by atoms with Crippen LogP contribution < -0.4 is 5.32 Å². The molecule has 0 amide bonds. The summed E-state index contributed by atoms with van der Waals surface area (Å²) in [6.07, 6.45) is 8.51. The number of aromatic nitrogens is 2. The summed E-state index contributed by atoms with van der Waals surface area (Å²) in [7, 11) is 0. The smallest absolute Gasteiger partial charge is 0.123 e. The average molecular weight is 287 g/mol. The number of nitrogens with zero attached hydrogens (tertiary/aromatic N) is 2. The molecule has 1 saturated heterocycles. The summed E-state index contributed by atoms with van der Waals surface area (Å²) in [5.74, 6) is -0.161. The van der Waals surface area contributed by atoms with Gasteiger partial charge >= 0.3 is 0 Å². The Kier molecular flexibility index (Phi) is 4.34. The lowest BCUT2D eigenvalue weighted by atomic mass is 10.0. The maximum absolute atomic E-state index is 13.1. The van der Waals surface area contributed by atoms with Gasteiger partial charge in [0.15, 0.2) is 0 Å². The van der Waals surface area contributed by atoms with Gasteiger partial charge in [0.25, 0.3) is 0 Å². The van der Waals surface area contributed by atoms with Crippen molar-refractivity contribution in [1.29, 1.82) is 0 Å². The molecular weight excluding hydrogens is 265 g/mol. The highest BCUT2D eigenvalue weighted by Gasteiger charge is 2.18. The zero-order valence-corrected chi connectivity index (χ0v) is 12.5. The summed E-state index contributed by atoms with van der Waals surface area (Å²) in [6.45, 7) is 3.95. The molecule has 3 rings (SSSR count). The Balaban J connectivity index is 1.69. The molecule has 112 valence electrons. The first kappa shape index (κ1) is 14.3. The van der Waals surface area contributed by atoms with Crippen molar-refractivity contribution in [3.63, 3.8) is 0 Å². The van der Waals surface area contributed by atoms with Gasteiger partial charge in [-0.1, -0.05) is 12.5 Å². The molecule has 1 unspecified atom stereocenters. The van der Waals surface area contributed by atoms with Gasteiger partial charge in [0.1, 0.15) is 5.82 Å². The van der Waals surface area contributed by atoms with E-state index in [4.69, 9.17) is 0 Å². The molecule has 0 radical (unpaired) electrons. The largest absolute Gasteiger partial charge is 0.333 e. The number of nitrogens with one attached hydrogen (secondary N) is 1. The van der Waals surface area contributed by atoms with Gasteiger partial charge in [-0.05, 0) is 56.0 Å². The van der Waals surface area contributed by atoms with E-state index >= 15 is 0 Å². The first-order valence-electron chi connectivity index (χ1n) is 7.72. The minimum atomic E-state index is -0.161. The average Bonchev–Trinajstić information content (AvgIpc) is 2.96. The van der Waals surface area contributed by atoms with Gasteiger partial charge in [-0.3, -0.25) is 0 Å². The highest BCUT2D eigenvalue weighted by molar-refractivity contribution is 5.26. The van der Waals surface area contributed by atoms with Crippen LogP contribution in [0.1, 0.15) is 42.1 Å². The minimum absolute atomic E-state index is 0.161. The second-order valence-electron chi connectivity index (χ2n) is 5.84. The molecule has 2 aromatic rings. The molecule has 1 aliphatic rings. The van der Waals surface area contributed by atoms with Crippen LogP contribution in [0.5, 0.6) is 0 Å². The van der Waals surface area contributed by atoms with Gasteiger partial charge in [-0.15, -0.1) is 0 Å². The van der Waals surface area contributed by atoms with E-state index in [1.807, 2.05) is 25.5 Å². The third-order valence-electron chi connectivity index (χ3n) is 4.34. The number of imidazole rings is 1. The SMILES string of the molecule is Cc1cc(F)ccc1CCn1cncc1C1CCCCN1. The summed E-state index contributed by atoms with van der Waals surface area (Å²) in [6, 6.07) is 5.46. The molecule has 1 fully saturated rings. The molecule has 1 aromatic carbocycles. The molecular formula is C17H22FN3. The van der Waals surface area contributed by atoms with Gasteiger partial charge in [-0.2, -0.15) is 0 Å². The Morgan fingerprint density at radius 3 is 3.05 bits per heavy atom. The van der Waals surface area contributed by atoms with Gasteiger partial charge in [0.2, 0.25) is 0 Å². The zero-order valence-electron chi connectivity index (χ0n) is 12.5. The van der Waals surface area contributed by atoms with E-state index in [1.165, 1.54) is 30.5 Å².